The van der Waals surface area contributed by atoms with Gasteiger partial charge in [-0.15, -0.1) is 0 Å². The van der Waals surface area contributed by atoms with E-state index in [4.69, 9.17) is 14.2 Å². The van der Waals surface area contributed by atoms with Crippen LogP contribution >= 0.6 is 0 Å². The molecule has 0 radical (unpaired) electrons. The molecule has 0 spiro atoms. The van der Waals surface area contributed by atoms with E-state index < -0.39 is 6.10 Å². The summed E-state index contributed by atoms with van der Waals surface area (Å²) in [7, 11) is 0. The van der Waals surface area contributed by atoms with Crippen molar-refractivity contribution in [3.05, 3.63) is 48.6 Å². The number of unbranched alkanes of at least 4 members (excludes halogenated alkanes) is 46. The summed E-state index contributed by atoms with van der Waals surface area (Å²) < 4.78 is 17.0. The van der Waals surface area contributed by atoms with Crippen molar-refractivity contribution in [1.29, 1.82) is 0 Å². The monoisotopic (exact) mass is 1110 g/mol. The zero-order chi connectivity index (χ0) is 57.1. The van der Waals surface area contributed by atoms with Crippen LogP contribution in [-0.2, 0) is 28.6 Å². The van der Waals surface area contributed by atoms with E-state index in [-0.39, 0.29) is 31.1 Å². The third-order valence-electron chi connectivity index (χ3n) is 15.8. The van der Waals surface area contributed by atoms with Gasteiger partial charge in [0.25, 0.3) is 0 Å². The first-order valence-corrected chi connectivity index (χ1v) is 35.1. The Morgan fingerprint density at radius 2 is 0.494 bits per heavy atom. The molecule has 0 aromatic rings. The lowest BCUT2D eigenvalue weighted by molar-refractivity contribution is -0.167. The maximum atomic E-state index is 13.0. The minimum absolute atomic E-state index is 0.0689. The summed E-state index contributed by atoms with van der Waals surface area (Å²) in [4.78, 5) is 38.4. The van der Waals surface area contributed by atoms with Gasteiger partial charge in [0.05, 0.1) is 0 Å². The first-order valence-electron chi connectivity index (χ1n) is 35.1. The molecule has 0 N–H and O–H groups in total. The van der Waals surface area contributed by atoms with Crippen LogP contribution in [0.2, 0.25) is 0 Å². The van der Waals surface area contributed by atoms with Gasteiger partial charge < -0.3 is 14.2 Å². The largest absolute Gasteiger partial charge is 0.462 e. The van der Waals surface area contributed by atoms with Gasteiger partial charge in [-0.2, -0.15) is 0 Å². The number of ether oxygens (including phenoxy) is 3. The summed E-state index contributed by atoms with van der Waals surface area (Å²) in [5.74, 6) is -0.844. The van der Waals surface area contributed by atoms with Gasteiger partial charge in [0.1, 0.15) is 13.2 Å². The molecule has 6 heteroatoms. The van der Waals surface area contributed by atoms with Gasteiger partial charge >= 0.3 is 17.9 Å². The van der Waals surface area contributed by atoms with Crippen LogP contribution in [0.4, 0.5) is 0 Å². The predicted molar refractivity (Wildman–Crippen MR) is 344 cm³/mol. The molecule has 462 valence electrons. The maximum Gasteiger partial charge on any atom is 0.306 e. The summed E-state index contributed by atoms with van der Waals surface area (Å²) >= 11 is 0. The number of carbonyl (C=O) groups excluding carboxylic acids is 3. The third kappa shape index (κ3) is 66.1. The van der Waals surface area contributed by atoms with Crippen molar-refractivity contribution in [3.8, 4) is 0 Å². The lowest BCUT2D eigenvalue weighted by Crippen LogP contribution is -2.30. The summed E-state index contributed by atoms with van der Waals surface area (Å²) in [5, 5.41) is 0. The van der Waals surface area contributed by atoms with E-state index in [9.17, 15) is 14.4 Å². The summed E-state index contributed by atoms with van der Waals surface area (Å²) in [6, 6.07) is 0. The number of rotatable bonds is 65. The van der Waals surface area contributed by atoms with Gasteiger partial charge in [0.2, 0.25) is 0 Å². The normalized spacial score (nSPS) is 12.3. The Morgan fingerprint density at radius 3 is 0.772 bits per heavy atom. The Balaban J connectivity index is 4.26. The fourth-order valence-electron chi connectivity index (χ4n) is 10.6. The van der Waals surface area contributed by atoms with Crippen LogP contribution in [0, 0.1) is 0 Å². The molecule has 0 fully saturated rings. The SMILES string of the molecule is CC/C=C\C/C=C\C/C=C\C/C=C\CCCCCCCCCCCCC(=O)OC(COC(=O)CCCCCCCCCCCCCCCC)COC(=O)CCCCCCCCCCCCCCCCCCCCCCCCCC. The van der Waals surface area contributed by atoms with Crippen molar-refractivity contribution in [1.82, 2.24) is 0 Å². The zero-order valence-electron chi connectivity index (χ0n) is 53.2. The third-order valence-corrected chi connectivity index (χ3v) is 15.8. The molecule has 1 atom stereocenters. The number of allylic oxidation sites excluding steroid dienone is 8. The van der Waals surface area contributed by atoms with E-state index in [1.807, 2.05) is 0 Å². The minimum Gasteiger partial charge on any atom is -0.462 e. The molecular formula is C73H134O6. The van der Waals surface area contributed by atoms with Gasteiger partial charge in [-0.25, -0.2) is 0 Å². The molecule has 0 aromatic heterocycles. The minimum atomic E-state index is -0.773. The molecule has 79 heavy (non-hydrogen) atoms. The second kappa shape index (κ2) is 67.9. The topological polar surface area (TPSA) is 78.9 Å². The molecule has 0 heterocycles. The molecule has 0 aromatic carbocycles. The van der Waals surface area contributed by atoms with Gasteiger partial charge in [-0.05, 0) is 57.8 Å². The van der Waals surface area contributed by atoms with Gasteiger partial charge in [0, 0.05) is 19.3 Å². The lowest BCUT2D eigenvalue weighted by atomic mass is 10.0. The average Bonchev–Trinajstić information content (AvgIpc) is 3.45. The highest BCUT2D eigenvalue weighted by Gasteiger charge is 2.19. The lowest BCUT2D eigenvalue weighted by Gasteiger charge is -2.18. The number of hydrogen-bond acceptors (Lipinski definition) is 6. The quantitative estimate of drug-likeness (QED) is 0.0261. The van der Waals surface area contributed by atoms with E-state index in [0.717, 1.165) is 83.5 Å². The van der Waals surface area contributed by atoms with E-state index in [1.54, 1.807) is 0 Å². The fourth-order valence-corrected chi connectivity index (χ4v) is 10.6. The van der Waals surface area contributed by atoms with Crippen molar-refractivity contribution in [3.63, 3.8) is 0 Å². The summed E-state index contributed by atoms with van der Waals surface area (Å²) in [5.41, 5.74) is 0. The van der Waals surface area contributed by atoms with Crippen LogP contribution in [0.3, 0.4) is 0 Å². The molecule has 0 saturated carbocycles. The van der Waals surface area contributed by atoms with Crippen molar-refractivity contribution in [2.75, 3.05) is 13.2 Å². The van der Waals surface area contributed by atoms with E-state index in [1.165, 1.54) is 257 Å². The van der Waals surface area contributed by atoms with Crippen LogP contribution < -0.4 is 0 Å². The predicted octanol–water partition coefficient (Wildman–Crippen LogP) is 24.1. The molecule has 0 saturated heterocycles. The highest BCUT2D eigenvalue weighted by molar-refractivity contribution is 5.71. The Kier molecular flexibility index (Phi) is 65.6. The van der Waals surface area contributed by atoms with Crippen molar-refractivity contribution in [2.24, 2.45) is 0 Å². The van der Waals surface area contributed by atoms with Crippen molar-refractivity contribution < 1.29 is 28.6 Å². The molecule has 0 aliphatic carbocycles. The maximum absolute atomic E-state index is 13.0. The number of esters is 3. The summed E-state index contributed by atoms with van der Waals surface area (Å²) in [6.07, 6.45) is 85.6. The van der Waals surface area contributed by atoms with E-state index >= 15 is 0 Å². The molecule has 0 aliphatic heterocycles. The fraction of sp³-hybridized carbons (Fsp3) is 0.849. The average molecular weight is 1110 g/mol. The Bertz CT molecular complexity index is 1360. The highest BCUT2D eigenvalue weighted by Crippen LogP contribution is 2.19. The van der Waals surface area contributed by atoms with E-state index in [2.05, 4.69) is 69.4 Å². The first kappa shape index (κ1) is 76.4. The van der Waals surface area contributed by atoms with Gasteiger partial charge in [-0.1, -0.05) is 352 Å². The first-order chi connectivity index (χ1) is 39.0. The van der Waals surface area contributed by atoms with Crippen molar-refractivity contribution >= 4 is 17.9 Å². The number of carbonyl (C=O) groups is 3. The van der Waals surface area contributed by atoms with Crippen molar-refractivity contribution in [2.45, 2.75) is 386 Å². The molecular weight excluding hydrogens is 973 g/mol. The van der Waals surface area contributed by atoms with Crippen LogP contribution in [0.15, 0.2) is 48.6 Å². The van der Waals surface area contributed by atoms with E-state index in [0.29, 0.717) is 19.3 Å². The number of hydrogen-bond donors (Lipinski definition) is 0. The second-order valence-corrected chi connectivity index (χ2v) is 23.8. The highest BCUT2D eigenvalue weighted by atomic mass is 16.6. The molecule has 6 nitrogen and oxygen atoms in total. The Morgan fingerprint density at radius 1 is 0.266 bits per heavy atom. The van der Waals surface area contributed by atoms with Crippen LogP contribution in [0.1, 0.15) is 380 Å². The standard InChI is InChI=1S/C73H134O6/c1-4-7-10-13-16-19-22-25-28-30-32-34-36-38-39-41-43-45-48-51-54-57-60-63-66-72(75)78-69-70(68-77-71(74)65-62-59-56-53-50-47-27-24-21-18-15-12-9-6-3)79-73(76)67-64-61-58-55-52-49-46-44-42-40-37-35-33-31-29-26-23-20-17-14-11-8-5-2/h8,11,17,20,26,29,33,35,70H,4-7,9-10,12-16,18-19,21-25,27-28,30-32,34,36-69H2,1-3H3/b11-8-,20-17-,29-26-,35-33-. The molecule has 1 unspecified atom stereocenters. The van der Waals surface area contributed by atoms with Crippen LogP contribution in [0.5, 0.6) is 0 Å². The molecule has 0 aliphatic rings. The summed E-state index contributed by atoms with van der Waals surface area (Å²) in [6.45, 7) is 6.60. The smallest absolute Gasteiger partial charge is 0.306 e. The molecule has 0 bridgehead atoms. The van der Waals surface area contributed by atoms with Gasteiger partial charge in [-0.3, -0.25) is 14.4 Å². The van der Waals surface area contributed by atoms with Crippen LogP contribution in [0.25, 0.3) is 0 Å². The Labute approximate surface area is 492 Å². The molecule has 0 rings (SSSR count). The molecule has 0 amide bonds. The second-order valence-electron chi connectivity index (χ2n) is 23.8. The Hall–Kier alpha value is -2.63. The van der Waals surface area contributed by atoms with Crippen LogP contribution in [-0.4, -0.2) is 37.2 Å². The van der Waals surface area contributed by atoms with Gasteiger partial charge in [0.15, 0.2) is 6.10 Å². The zero-order valence-corrected chi connectivity index (χ0v) is 53.2.